The van der Waals surface area contributed by atoms with Crippen LogP contribution in [0.15, 0.2) is 235 Å². The standard InChI is InChI=1S/C61H41NO/c1-3-15-40(16-4-1)42-27-31-44(32-28-42)62(45-33-29-43(30-34-45)41-17-5-2-6-18-41)46-35-36-51-48-20-8-7-19-47(48)49-21-9-12-24-55(49)61(57(51)37-46)56-25-13-10-22-50(56)53-39-60-54(38-58(53)61)52-23-11-14-26-59(52)63-60/h1-29,31-33,35-39H,30,34H2. The average molecular weight is 804 g/mol. The van der Waals surface area contributed by atoms with Crippen LogP contribution in [0.1, 0.15) is 40.7 Å². The normalized spacial score (nSPS) is 15.7. The maximum absolute atomic E-state index is 6.60. The molecule has 9 aromatic carbocycles. The van der Waals surface area contributed by atoms with Crippen LogP contribution in [0.5, 0.6) is 0 Å². The van der Waals surface area contributed by atoms with E-state index in [1.54, 1.807) is 0 Å². The van der Waals surface area contributed by atoms with E-state index in [1.807, 2.05) is 0 Å². The third-order valence-electron chi connectivity index (χ3n) is 13.8. The zero-order chi connectivity index (χ0) is 41.5. The second kappa shape index (κ2) is 14.1. The van der Waals surface area contributed by atoms with Crippen molar-refractivity contribution in [3.63, 3.8) is 0 Å². The van der Waals surface area contributed by atoms with Crippen molar-refractivity contribution in [1.29, 1.82) is 0 Å². The summed E-state index contributed by atoms with van der Waals surface area (Å²) in [4.78, 5) is 2.51. The van der Waals surface area contributed by atoms with Gasteiger partial charge in [-0.3, -0.25) is 0 Å². The number of allylic oxidation sites excluding steroid dienone is 4. The molecule has 3 aliphatic carbocycles. The van der Waals surface area contributed by atoms with Crippen LogP contribution in [0.3, 0.4) is 0 Å². The molecule has 0 radical (unpaired) electrons. The van der Waals surface area contributed by atoms with E-state index in [1.165, 1.54) is 83.6 Å². The zero-order valence-electron chi connectivity index (χ0n) is 34.6. The Bertz CT molecular complexity index is 3500. The van der Waals surface area contributed by atoms with Crippen LogP contribution in [0.2, 0.25) is 0 Å². The number of anilines is 2. The van der Waals surface area contributed by atoms with Crippen LogP contribution in [-0.4, -0.2) is 0 Å². The summed E-state index contributed by atoms with van der Waals surface area (Å²) in [7, 11) is 0. The Morgan fingerprint density at radius 1 is 0.349 bits per heavy atom. The molecule has 0 aliphatic heterocycles. The number of hydrogen-bond acceptors (Lipinski definition) is 2. The molecule has 0 amide bonds. The minimum Gasteiger partial charge on any atom is -0.456 e. The third kappa shape index (κ3) is 5.38. The highest BCUT2D eigenvalue weighted by molar-refractivity contribution is 6.09. The third-order valence-corrected chi connectivity index (χ3v) is 13.8. The molecular formula is C61H41NO. The van der Waals surface area contributed by atoms with Gasteiger partial charge < -0.3 is 9.32 Å². The van der Waals surface area contributed by atoms with Gasteiger partial charge in [0.15, 0.2) is 0 Å². The Morgan fingerprint density at radius 2 is 0.905 bits per heavy atom. The summed E-state index contributed by atoms with van der Waals surface area (Å²) in [6.07, 6.45) is 6.55. The van der Waals surface area contributed by atoms with Crippen molar-refractivity contribution >= 4 is 38.9 Å². The number of hydrogen-bond donors (Lipinski definition) is 0. The molecule has 13 rings (SSSR count). The Kier molecular flexibility index (Phi) is 7.98. The van der Waals surface area contributed by atoms with Gasteiger partial charge in [-0.25, -0.2) is 0 Å². The lowest BCUT2D eigenvalue weighted by Gasteiger charge is -2.37. The molecule has 63 heavy (non-hydrogen) atoms. The molecule has 0 fully saturated rings. The molecule has 2 nitrogen and oxygen atoms in total. The topological polar surface area (TPSA) is 16.4 Å². The Morgan fingerprint density at radius 3 is 1.60 bits per heavy atom. The molecule has 10 aromatic rings. The first kappa shape index (κ1) is 35.8. The molecular weight excluding hydrogens is 763 g/mol. The van der Waals surface area contributed by atoms with Gasteiger partial charge in [-0.15, -0.1) is 0 Å². The van der Waals surface area contributed by atoms with Gasteiger partial charge in [-0.1, -0.05) is 176 Å². The largest absolute Gasteiger partial charge is 0.456 e. The minimum atomic E-state index is -0.649. The molecule has 2 heteroatoms. The molecule has 0 bridgehead atoms. The smallest absolute Gasteiger partial charge is 0.136 e. The van der Waals surface area contributed by atoms with E-state index in [0.29, 0.717) is 0 Å². The van der Waals surface area contributed by atoms with E-state index in [2.05, 4.69) is 229 Å². The quantitative estimate of drug-likeness (QED) is 0.172. The highest BCUT2D eigenvalue weighted by Crippen LogP contribution is 2.62. The molecule has 0 N–H and O–H groups in total. The van der Waals surface area contributed by atoms with Crippen molar-refractivity contribution in [3.05, 3.63) is 258 Å². The van der Waals surface area contributed by atoms with Crippen molar-refractivity contribution in [2.24, 2.45) is 0 Å². The van der Waals surface area contributed by atoms with Gasteiger partial charge in [0.1, 0.15) is 11.2 Å². The molecule has 0 saturated carbocycles. The first-order valence-electron chi connectivity index (χ1n) is 22.0. The maximum Gasteiger partial charge on any atom is 0.136 e. The second-order valence-electron chi connectivity index (χ2n) is 17.1. The second-order valence-corrected chi connectivity index (χ2v) is 17.1. The lowest BCUT2D eigenvalue weighted by molar-refractivity contribution is 0.668. The number of benzene rings is 9. The van der Waals surface area contributed by atoms with E-state index in [-0.39, 0.29) is 0 Å². The van der Waals surface area contributed by atoms with Gasteiger partial charge in [0.25, 0.3) is 0 Å². The van der Waals surface area contributed by atoms with E-state index in [0.717, 1.165) is 46.2 Å². The monoisotopic (exact) mass is 803 g/mol. The summed E-state index contributed by atoms with van der Waals surface area (Å²) < 4.78 is 6.60. The summed E-state index contributed by atoms with van der Waals surface area (Å²) in [5, 5.41) is 2.28. The van der Waals surface area contributed by atoms with E-state index in [4.69, 9.17) is 4.42 Å². The van der Waals surface area contributed by atoms with Gasteiger partial charge in [0.2, 0.25) is 0 Å². The lowest BCUT2D eigenvalue weighted by Crippen LogP contribution is -2.30. The van der Waals surface area contributed by atoms with Crippen LogP contribution >= 0.6 is 0 Å². The molecule has 1 atom stereocenters. The predicted octanol–water partition coefficient (Wildman–Crippen LogP) is 16.2. The highest BCUT2D eigenvalue weighted by Gasteiger charge is 2.50. The van der Waals surface area contributed by atoms with Gasteiger partial charge in [-0.05, 0) is 139 Å². The van der Waals surface area contributed by atoms with Gasteiger partial charge >= 0.3 is 0 Å². The fourth-order valence-corrected chi connectivity index (χ4v) is 11.1. The van der Waals surface area contributed by atoms with Crippen molar-refractivity contribution < 1.29 is 4.42 Å². The molecule has 1 aromatic heterocycles. The summed E-state index contributed by atoms with van der Waals surface area (Å²) in [6, 6.07) is 78.4. The van der Waals surface area contributed by atoms with Crippen LogP contribution in [-0.2, 0) is 5.41 Å². The number of para-hydroxylation sites is 1. The van der Waals surface area contributed by atoms with Crippen molar-refractivity contribution in [2.45, 2.75) is 18.3 Å². The average Bonchev–Trinajstić information content (AvgIpc) is 3.83. The lowest BCUT2D eigenvalue weighted by atomic mass is 9.65. The van der Waals surface area contributed by atoms with Crippen molar-refractivity contribution in [1.82, 2.24) is 0 Å². The van der Waals surface area contributed by atoms with Crippen LogP contribution in [0.25, 0.3) is 72.0 Å². The molecule has 3 aliphatic rings. The summed E-state index contributed by atoms with van der Waals surface area (Å²) >= 11 is 0. The Balaban J connectivity index is 1.10. The molecule has 296 valence electrons. The number of rotatable bonds is 5. The maximum atomic E-state index is 6.60. The molecule has 1 spiro atoms. The molecule has 1 heterocycles. The van der Waals surface area contributed by atoms with E-state index < -0.39 is 5.41 Å². The Hall–Kier alpha value is -7.94. The van der Waals surface area contributed by atoms with Crippen LogP contribution in [0.4, 0.5) is 11.4 Å². The summed E-state index contributed by atoms with van der Waals surface area (Å²) in [6.45, 7) is 0. The fraction of sp³-hybridized carbons (Fsp3) is 0.0492. The van der Waals surface area contributed by atoms with Crippen LogP contribution < -0.4 is 4.90 Å². The number of nitrogens with zero attached hydrogens (tertiary/aromatic N) is 1. The predicted molar refractivity (Wildman–Crippen MR) is 261 cm³/mol. The summed E-state index contributed by atoms with van der Waals surface area (Å²) in [5.41, 5.74) is 22.4. The van der Waals surface area contributed by atoms with Gasteiger partial charge in [0, 0.05) is 27.8 Å². The van der Waals surface area contributed by atoms with Crippen molar-refractivity contribution in [2.75, 3.05) is 4.90 Å². The highest BCUT2D eigenvalue weighted by atomic mass is 16.3. The van der Waals surface area contributed by atoms with Crippen LogP contribution in [0, 0.1) is 0 Å². The Labute approximate surface area is 367 Å². The number of furan rings is 1. The zero-order valence-corrected chi connectivity index (χ0v) is 34.6. The first-order valence-corrected chi connectivity index (χ1v) is 22.0. The first-order chi connectivity index (χ1) is 31.2. The SMILES string of the molecule is C1=C(c2ccccc2)CCC(N(c2ccc(-c3ccccc3)cc2)c2ccc3c(c2)C2(c4ccccc4-c4ccccc4-3)c3ccccc3-c3cc4oc5ccccc5c4cc32)=C1. The van der Waals surface area contributed by atoms with E-state index >= 15 is 0 Å². The summed E-state index contributed by atoms with van der Waals surface area (Å²) in [5.74, 6) is 0. The van der Waals surface area contributed by atoms with E-state index in [9.17, 15) is 0 Å². The van der Waals surface area contributed by atoms with Gasteiger partial charge in [-0.2, -0.15) is 0 Å². The van der Waals surface area contributed by atoms with Gasteiger partial charge in [0.05, 0.1) is 5.41 Å². The molecule has 0 saturated heterocycles. The molecule has 1 unspecified atom stereocenters. The fourth-order valence-electron chi connectivity index (χ4n) is 11.1. The minimum absolute atomic E-state index is 0.649. The van der Waals surface area contributed by atoms with Crippen molar-refractivity contribution in [3.8, 4) is 44.5 Å². The number of fused-ring (bicyclic) bond motifs is 15.